The first kappa shape index (κ1) is 13.9. The summed E-state index contributed by atoms with van der Waals surface area (Å²) < 4.78 is 6.49. The maximum absolute atomic E-state index is 11.2. The van der Waals surface area contributed by atoms with Crippen molar-refractivity contribution in [2.24, 2.45) is 0 Å². The molecule has 0 radical (unpaired) electrons. The third kappa shape index (κ3) is 2.86. The molecule has 0 unspecified atom stereocenters. The molecule has 3 nitrogen and oxygen atoms in total. The van der Waals surface area contributed by atoms with Crippen LogP contribution in [0.4, 0.5) is 0 Å². The van der Waals surface area contributed by atoms with Crippen LogP contribution in [0.3, 0.4) is 0 Å². The Morgan fingerprint density at radius 3 is 2.81 bits per heavy atom. The first-order valence-electron chi connectivity index (χ1n) is 6.26. The maximum atomic E-state index is 11.2. The van der Waals surface area contributed by atoms with E-state index in [0.717, 1.165) is 15.6 Å². The van der Waals surface area contributed by atoms with Crippen molar-refractivity contribution in [3.8, 4) is 5.75 Å². The minimum absolute atomic E-state index is 0.325. The lowest BCUT2D eigenvalue weighted by Gasteiger charge is -2.06. The SMILES string of the molecule is O=C(O)c1cccc2c(COc3cccc(Cl)c3)csc12. The Morgan fingerprint density at radius 1 is 1.24 bits per heavy atom. The van der Waals surface area contributed by atoms with Gasteiger partial charge in [-0.3, -0.25) is 0 Å². The number of carboxylic acids is 1. The van der Waals surface area contributed by atoms with E-state index in [1.165, 1.54) is 11.3 Å². The quantitative estimate of drug-likeness (QED) is 0.749. The van der Waals surface area contributed by atoms with Gasteiger partial charge in [0.2, 0.25) is 0 Å². The highest BCUT2D eigenvalue weighted by atomic mass is 35.5. The number of carboxylic acid groups (broad SMARTS) is 1. The largest absolute Gasteiger partial charge is 0.489 e. The molecule has 3 rings (SSSR count). The van der Waals surface area contributed by atoms with E-state index in [9.17, 15) is 9.90 Å². The molecule has 0 saturated heterocycles. The summed E-state index contributed by atoms with van der Waals surface area (Å²) >= 11 is 7.33. The number of carbonyl (C=O) groups is 1. The molecule has 0 amide bonds. The van der Waals surface area contributed by atoms with Crippen molar-refractivity contribution in [2.45, 2.75) is 6.61 Å². The number of ether oxygens (including phenoxy) is 1. The molecule has 5 heteroatoms. The summed E-state index contributed by atoms with van der Waals surface area (Å²) in [5.74, 6) is -0.221. The number of benzene rings is 2. The van der Waals surface area contributed by atoms with Crippen LogP contribution in [0, 0.1) is 0 Å². The number of hydrogen-bond donors (Lipinski definition) is 1. The summed E-state index contributed by atoms with van der Waals surface area (Å²) in [6, 6.07) is 12.5. The summed E-state index contributed by atoms with van der Waals surface area (Å²) in [5, 5.41) is 12.7. The minimum Gasteiger partial charge on any atom is -0.489 e. The monoisotopic (exact) mass is 318 g/mol. The second-order valence-electron chi connectivity index (χ2n) is 4.49. The second kappa shape index (κ2) is 5.76. The van der Waals surface area contributed by atoms with Gasteiger partial charge in [0, 0.05) is 15.3 Å². The zero-order valence-electron chi connectivity index (χ0n) is 10.9. The van der Waals surface area contributed by atoms with Crippen molar-refractivity contribution in [1.82, 2.24) is 0 Å². The molecule has 0 bridgehead atoms. The van der Waals surface area contributed by atoms with Crippen molar-refractivity contribution < 1.29 is 14.6 Å². The lowest BCUT2D eigenvalue weighted by atomic mass is 10.1. The van der Waals surface area contributed by atoms with Crippen molar-refractivity contribution in [3.63, 3.8) is 0 Å². The van der Waals surface area contributed by atoms with Gasteiger partial charge < -0.3 is 9.84 Å². The molecule has 21 heavy (non-hydrogen) atoms. The van der Waals surface area contributed by atoms with Crippen LogP contribution >= 0.6 is 22.9 Å². The topological polar surface area (TPSA) is 46.5 Å². The fraction of sp³-hybridized carbons (Fsp3) is 0.0625. The number of rotatable bonds is 4. The fourth-order valence-electron chi connectivity index (χ4n) is 2.11. The number of fused-ring (bicyclic) bond motifs is 1. The summed E-state index contributed by atoms with van der Waals surface area (Å²) in [5.41, 5.74) is 1.30. The normalized spacial score (nSPS) is 10.7. The van der Waals surface area contributed by atoms with E-state index < -0.39 is 5.97 Å². The van der Waals surface area contributed by atoms with Crippen molar-refractivity contribution in [3.05, 3.63) is 64.0 Å². The first-order chi connectivity index (χ1) is 10.1. The zero-order valence-corrected chi connectivity index (χ0v) is 12.4. The predicted molar refractivity (Wildman–Crippen MR) is 84.6 cm³/mol. The summed E-state index contributed by atoms with van der Waals surface area (Å²) in [4.78, 5) is 11.2. The second-order valence-corrected chi connectivity index (χ2v) is 5.81. The summed E-state index contributed by atoms with van der Waals surface area (Å²) in [6.45, 7) is 0.378. The lowest BCUT2D eigenvalue weighted by molar-refractivity contribution is 0.0699. The molecule has 0 saturated carbocycles. The molecule has 0 fully saturated rings. The predicted octanol–water partition coefficient (Wildman–Crippen LogP) is 4.83. The Balaban J connectivity index is 1.88. The standard InChI is InChI=1S/C16H11ClO3S/c17-11-3-1-4-12(7-11)20-8-10-9-21-15-13(10)5-2-6-14(15)16(18)19/h1-7,9H,8H2,(H,18,19). The lowest BCUT2D eigenvalue weighted by Crippen LogP contribution is -1.97. The van der Waals surface area contributed by atoms with Crippen LogP contribution in [0.25, 0.3) is 10.1 Å². The molecule has 3 aromatic rings. The third-order valence-electron chi connectivity index (χ3n) is 3.10. The highest BCUT2D eigenvalue weighted by Gasteiger charge is 2.12. The summed E-state index contributed by atoms with van der Waals surface area (Å²) in [6.07, 6.45) is 0. The molecule has 1 aromatic heterocycles. The Morgan fingerprint density at radius 2 is 2.05 bits per heavy atom. The Bertz CT molecular complexity index is 810. The van der Waals surface area contributed by atoms with E-state index in [2.05, 4.69) is 0 Å². The van der Waals surface area contributed by atoms with Crippen molar-refractivity contribution in [2.75, 3.05) is 0 Å². The first-order valence-corrected chi connectivity index (χ1v) is 7.51. The van der Waals surface area contributed by atoms with E-state index in [1.54, 1.807) is 24.3 Å². The van der Waals surface area contributed by atoms with Crippen LogP contribution in [-0.2, 0) is 6.61 Å². The van der Waals surface area contributed by atoms with E-state index in [0.29, 0.717) is 22.9 Å². The van der Waals surface area contributed by atoms with Crippen LogP contribution in [0.2, 0.25) is 5.02 Å². The van der Waals surface area contributed by atoms with E-state index >= 15 is 0 Å². The zero-order chi connectivity index (χ0) is 14.8. The van der Waals surface area contributed by atoms with Gasteiger partial charge in [0.1, 0.15) is 12.4 Å². The van der Waals surface area contributed by atoms with Gasteiger partial charge in [-0.1, -0.05) is 29.8 Å². The van der Waals surface area contributed by atoms with Gasteiger partial charge in [0.15, 0.2) is 0 Å². The van der Waals surface area contributed by atoms with Crippen LogP contribution < -0.4 is 4.74 Å². The van der Waals surface area contributed by atoms with Crippen LogP contribution in [0.1, 0.15) is 15.9 Å². The number of thiophene rings is 1. The molecular weight excluding hydrogens is 308 g/mol. The summed E-state index contributed by atoms with van der Waals surface area (Å²) in [7, 11) is 0. The molecule has 0 aliphatic heterocycles. The Hall–Kier alpha value is -2.04. The van der Waals surface area contributed by atoms with Crippen LogP contribution in [0.5, 0.6) is 5.75 Å². The fourth-order valence-corrected chi connectivity index (χ4v) is 3.35. The molecule has 0 aliphatic rings. The van der Waals surface area contributed by atoms with Gasteiger partial charge in [-0.15, -0.1) is 11.3 Å². The van der Waals surface area contributed by atoms with Crippen molar-refractivity contribution >= 4 is 39.0 Å². The Labute approximate surface area is 130 Å². The average molecular weight is 319 g/mol. The molecule has 0 aliphatic carbocycles. The van der Waals surface area contributed by atoms with Gasteiger partial charge >= 0.3 is 5.97 Å². The van der Waals surface area contributed by atoms with Gasteiger partial charge in [-0.05, 0) is 35.0 Å². The molecular formula is C16H11ClO3S. The van der Waals surface area contributed by atoms with E-state index in [-0.39, 0.29) is 0 Å². The highest BCUT2D eigenvalue weighted by molar-refractivity contribution is 7.17. The molecule has 1 N–H and O–H groups in total. The number of aromatic carboxylic acids is 1. The molecule has 0 atom stereocenters. The number of halogens is 1. The molecule has 106 valence electrons. The Kier molecular flexibility index (Phi) is 3.82. The van der Waals surface area contributed by atoms with Gasteiger partial charge in [0.25, 0.3) is 0 Å². The van der Waals surface area contributed by atoms with E-state index in [1.807, 2.05) is 23.6 Å². The molecule has 1 heterocycles. The van der Waals surface area contributed by atoms with Gasteiger partial charge in [-0.25, -0.2) is 4.79 Å². The van der Waals surface area contributed by atoms with Crippen molar-refractivity contribution in [1.29, 1.82) is 0 Å². The smallest absolute Gasteiger partial charge is 0.337 e. The molecule has 0 spiro atoms. The van der Waals surface area contributed by atoms with Crippen LogP contribution in [-0.4, -0.2) is 11.1 Å². The third-order valence-corrected chi connectivity index (χ3v) is 4.41. The minimum atomic E-state index is -0.912. The maximum Gasteiger partial charge on any atom is 0.337 e. The van der Waals surface area contributed by atoms with Gasteiger partial charge in [-0.2, -0.15) is 0 Å². The van der Waals surface area contributed by atoms with Crippen LogP contribution in [0.15, 0.2) is 47.8 Å². The average Bonchev–Trinajstić information content (AvgIpc) is 2.88. The highest BCUT2D eigenvalue weighted by Crippen LogP contribution is 2.30. The molecule has 2 aromatic carbocycles. The van der Waals surface area contributed by atoms with Gasteiger partial charge in [0.05, 0.1) is 5.56 Å². The number of hydrogen-bond acceptors (Lipinski definition) is 3. The van der Waals surface area contributed by atoms with E-state index in [4.69, 9.17) is 16.3 Å².